The Kier molecular flexibility index (Phi) is 2.69. The van der Waals surface area contributed by atoms with Gasteiger partial charge in [0.05, 0.1) is 0 Å². The fourth-order valence-electron chi connectivity index (χ4n) is 1.84. The summed E-state index contributed by atoms with van der Waals surface area (Å²) in [7, 11) is 0. The number of ether oxygens (including phenoxy) is 1. The van der Waals surface area contributed by atoms with E-state index in [-0.39, 0.29) is 12.2 Å². The molecule has 0 saturated heterocycles. The second-order valence-corrected chi connectivity index (χ2v) is 3.59. The van der Waals surface area contributed by atoms with Gasteiger partial charge in [0.2, 0.25) is 0 Å². The van der Waals surface area contributed by atoms with Crippen molar-refractivity contribution in [2.45, 2.75) is 25.1 Å². The normalized spacial score (nSPS) is 21.9. The van der Waals surface area contributed by atoms with Crippen LogP contribution in [0.2, 0.25) is 0 Å². The lowest BCUT2D eigenvalue weighted by atomic mass is 10.00. The van der Waals surface area contributed by atoms with Crippen LogP contribution in [0.25, 0.3) is 0 Å². The molecule has 15 heavy (non-hydrogen) atoms. The van der Waals surface area contributed by atoms with E-state index in [1.807, 2.05) is 0 Å². The largest absolute Gasteiger partial charge is 0.418 e. The highest BCUT2D eigenvalue weighted by atomic mass is 19.4. The van der Waals surface area contributed by atoms with Gasteiger partial charge < -0.3 is 4.74 Å². The molecule has 1 aromatic carbocycles. The summed E-state index contributed by atoms with van der Waals surface area (Å²) in [5.41, 5.74) is 1.01. The lowest BCUT2D eigenvalue weighted by Gasteiger charge is -2.20. The van der Waals surface area contributed by atoms with Crippen molar-refractivity contribution in [2.24, 2.45) is 0 Å². The van der Waals surface area contributed by atoms with Crippen molar-refractivity contribution in [3.63, 3.8) is 0 Å². The molecule has 1 aliphatic heterocycles. The molecular formula is C11H11F3O. The van der Waals surface area contributed by atoms with Crippen molar-refractivity contribution in [1.29, 1.82) is 0 Å². The molecule has 0 spiro atoms. The predicted molar refractivity (Wildman–Crippen MR) is 49.5 cm³/mol. The lowest BCUT2D eigenvalue weighted by Crippen LogP contribution is -2.23. The quantitative estimate of drug-likeness (QED) is 0.646. The highest BCUT2D eigenvalue weighted by molar-refractivity contribution is 5.30. The van der Waals surface area contributed by atoms with Crippen LogP contribution in [0.1, 0.15) is 23.7 Å². The number of aryl methyl sites for hydroxylation is 1. The maximum absolute atomic E-state index is 12.7. The minimum Gasteiger partial charge on any atom is -0.364 e. The molecule has 0 fully saturated rings. The summed E-state index contributed by atoms with van der Waals surface area (Å²) < 4.78 is 42.9. The Morgan fingerprint density at radius 3 is 2.67 bits per heavy atom. The van der Waals surface area contributed by atoms with Crippen LogP contribution in [0.5, 0.6) is 0 Å². The SMILES string of the molecule is FC(F)(F)C1OCCCc2ccccc21. The Hall–Kier alpha value is -1.03. The molecule has 4 heteroatoms. The Bertz CT molecular complexity index is 346. The second-order valence-electron chi connectivity index (χ2n) is 3.59. The average Bonchev–Trinajstić information content (AvgIpc) is 2.38. The van der Waals surface area contributed by atoms with E-state index in [0.29, 0.717) is 12.8 Å². The molecule has 0 amide bonds. The summed E-state index contributed by atoms with van der Waals surface area (Å²) >= 11 is 0. The molecule has 82 valence electrons. The van der Waals surface area contributed by atoms with Crippen LogP contribution in [-0.2, 0) is 11.2 Å². The first kappa shape index (κ1) is 10.5. The van der Waals surface area contributed by atoms with Gasteiger partial charge in [-0.2, -0.15) is 13.2 Å². The molecule has 0 radical (unpaired) electrons. The van der Waals surface area contributed by atoms with Gasteiger partial charge in [0.25, 0.3) is 0 Å². The van der Waals surface area contributed by atoms with Crippen LogP contribution in [-0.4, -0.2) is 12.8 Å². The summed E-state index contributed by atoms with van der Waals surface area (Å²) in [6, 6.07) is 6.62. The van der Waals surface area contributed by atoms with Crippen molar-refractivity contribution in [3.8, 4) is 0 Å². The Balaban J connectivity index is 2.41. The van der Waals surface area contributed by atoms with E-state index in [1.165, 1.54) is 6.07 Å². The van der Waals surface area contributed by atoms with E-state index in [1.54, 1.807) is 18.2 Å². The summed E-state index contributed by atoms with van der Waals surface area (Å²) in [5.74, 6) is 0. The maximum Gasteiger partial charge on any atom is 0.418 e. The van der Waals surface area contributed by atoms with Crippen LogP contribution in [0, 0.1) is 0 Å². The molecule has 0 aliphatic carbocycles. The number of hydrogen-bond acceptors (Lipinski definition) is 1. The van der Waals surface area contributed by atoms with Crippen molar-refractivity contribution < 1.29 is 17.9 Å². The van der Waals surface area contributed by atoms with E-state index in [0.717, 1.165) is 5.56 Å². The van der Waals surface area contributed by atoms with Gasteiger partial charge in [0.1, 0.15) is 0 Å². The molecule has 1 atom stereocenters. The van der Waals surface area contributed by atoms with Crippen molar-refractivity contribution in [2.75, 3.05) is 6.61 Å². The molecule has 1 unspecified atom stereocenters. The Morgan fingerprint density at radius 2 is 1.93 bits per heavy atom. The molecule has 0 N–H and O–H groups in total. The van der Waals surface area contributed by atoms with Gasteiger partial charge in [-0.3, -0.25) is 0 Å². The molecular weight excluding hydrogens is 205 g/mol. The number of halogens is 3. The fraction of sp³-hybridized carbons (Fsp3) is 0.455. The molecule has 1 aliphatic rings. The second kappa shape index (κ2) is 3.85. The molecule has 0 aromatic heterocycles. The average molecular weight is 216 g/mol. The van der Waals surface area contributed by atoms with Crippen LogP contribution in [0.3, 0.4) is 0 Å². The highest BCUT2D eigenvalue weighted by Crippen LogP contribution is 2.39. The molecule has 1 heterocycles. The summed E-state index contributed by atoms with van der Waals surface area (Å²) in [4.78, 5) is 0. The van der Waals surface area contributed by atoms with Crippen molar-refractivity contribution in [3.05, 3.63) is 35.4 Å². The third-order valence-corrected chi connectivity index (χ3v) is 2.51. The van der Waals surface area contributed by atoms with Gasteiger partial charge in [-0.05, 0) is 24.0 Å². The van der Waals surface area contributed by atoms with E-state index in [2.05, 4.69) is 0 Å². The molecule has 0 saturated carbocycles. The van der Waals surface area contributed by atoms with Gasteiger partial charge in [-0.25, -0.2) is 0 Å². The number of alkyl halides is 3. The summed E-state index contributed by atoms with van der Waals surface area (Å²) in [5, 5.41) is 0. The minimum atomic E-state index is -4.32. The zero-order chi connectivity index (χ0) is 10.9. The van der Waals surface area contributed by atoms with Gasteiger partial charge in [-0.1, -0.05) is 24.3 Å². The predicted octanol–water partition coefficient (Wildman–Crippen LogP) is 3.25. The minimum absolute atomic E-state index is 0.166. The van der Waals surface area contributed by atoms with E-state index in [4.69, 9.17) is 4.74 Å². The molecule has 2 rings (SSSR count). The zero-order valence-electron chi connectivity index (χ0n) is 8.05. The van der Waals surface area contributed by atoms with Gasteiger partial charge in [-0.15, -0.1) is 0 Å². The zero-order valence-corrected chi connectivity index (χ0v) is 8.05. The van der Waals surface area contributed by atoms with Crippen LogP contribution >= 0.6 is 0 Å². The van der Waals surface area contributed by atoms with E-state index < -0.39 is 12.3 Å². The number of rotatable bonds is 0. The highest BCUT2D eigenvalue weighted by Gasteiger charge is 2.43. The monoisotopic (exact) mass is 216 g/mol. The van der Waals surface area contributed by atoms with Gasteiger partial charge in [0.15, 0.2) is 6.10 Å². The third-order valence-electron chi connectivity index (χ3n) is 2.51. The van der Waals surface area contributed by atoms with Crippen LogP contribution in [0.15, 0.2) is 24.3 Å². The van der Waals surface area contributed by atoms with Gasteiger partial charge in [0, 0.05) is 6.61 Å². The topological polar surface area (TPSA) is 9.23 Å². The van der Waals surface area contributed by atoms with E-state index >= 15 is 0 Å². The van der Waals surface area contributed by atoms with E-state index in [9.17, 15) is 13.2 Å². The van der Waals surface area contributed by atoms with Crippen LogP contribution < -0.4 is 0 Å². The van der Waals surface area contributed by atoms with Crippen molar-refractivity contribution in [1.82, 2.24) is 0 Å². The molecule has 0 bridgehead atoms. The first-order valence-electron chi connectivity index (χ1n) is 4.85. The summed E-state index contributed by atoms with van der Waals surface area (Å²) in [6.45, 7) is 0.166. The smallest absolute Gasteiger partial charge is 0.364 e. The molecule has 1 aromatic rings. The molecule has 1 nitrogen and oxygen atoms in total. The fourth-order valence-corrected chi connectivity index (χ4v) is 1.84. The lowest BCUT2D eigenvalue weighted by molar-refractivity contribution is -0.223. The number of hydrogen-bond donors (Lipinski definition) is 0. The third kappa shape index (κ3) is 2.15. The Labute approximate surface area is 85.9 Å². The number of fused-ring (bicyclic) bond motifs is 1. The van der Waals surface area contributed by atoms with Crippen LogP contribution in [0.4, 0.5) is 13.2 Å². The first-order chi connectivity index (χ1) is 7.09. The maximum atomic E-state index is 12.7. The standard InChI is InChI=1S/C11H11F3O/c12-11(13,14)10-9-6-2-1-4-8(9)5-3-7-15-10/h1-2,4,6,10H,3,5,7H2. The Morgan fingerprint density at radius 1 is 1.20 bits per heavy atom. The van der Waals surface area contributed by atoms with Gasteiger partial charge >= 0.3 is 6.18 Å². The number of benzene rings is 1. The first-order valence-corrected chi connectivity index (χ1v) is 4.85. The van der Waals surface area contributed by atoms with Crippen molar-refractivity contribution >= 4 is 0 Å². The summed E-state index contributed by atoms with van der Waals surface area (Å²) in [6.07, 6.45) is -4.77.